The quantitative estimate of drug-likeness (QED) is 0.395. The summed E-state index contributed by atoms with van der Waals surface area (Å²) in [5.74, 6) is -0.365. The Hall–Kier alpha value is -3.11. The van der Waals surface area contributed by atoms with Crippen molar-refractivity contribution in [2.75, 3.05) is 6.61 Å². The zero-order valence-corrected chi connectivity index (χ0v) is 19.5. The molecule has 0 radical (unpaired) electrons. The van der Waals surface area contributed by atoms with Gasteiger partial charge in [0.1, 0.15) is 12.4 Å². The van der Waals surface area contributed by atoms with E-state index in [2.05, 4.69) is 42.5 Å². The average Bonchev–Trinajstić information content (AvgIpc) is 3.17. The molecule has 3 aliphatic rings. The van der Waals surface area contributed by atoms with Gasteiger partial charge in [0.05, 0.1) is 11.1 Å². The number of nitrogens with zero attached hydrogens (tertiary/aromatic N) is 1. The minimum atomic E-state index is -0.415. The molecule has 0 N–H and O–H groups in total. The van der Waals surface area contributed by atoms with Crippen LogP contribution >= 0.6 is 11.6 Å². The Kier molecular flexibility index (Phi) is 5.41. The van der Waals surface area contributed by atoms with Crippen LogP contribution in [-0.4, -0.2) is 29.7 Å². The molecule has 5 heteroatoms. The normalized spacial score (nSPS) is 21.0. The van der Waals surface area contributed by atoms with E-state index in [9.17, 15) is 9.18 Å². The Morgan fingerprint density at radius 1 is 1.00 bits per heavy atom. The van der Waals surface area contributed by atoms with Crippen molar-refractivity contribution in [1.29, 1.82) is 0 Å². The van der Waals surface area contributed by atoms with Crippen LogP contribution in [0.25, 0.3) is 16.7 Å². The predicted molar refractivity (Wildman–Crippen MR) is 132 cm³/mol. The topological polar surface area (TPSA) is 29.5 Å². The first-order valence-electron chi connectivity index (χ1n) is 11.9. The van der Waals surface area contributed by atoms with Crippen molar-refractivity contribution < 1.29 is 13.9 Å². The first-order valence-corrected chi connectivity index (χ1v) is 12.3. The van der Waals surface area contributed by atoms with Gasteiger partial charge in [0.15, 0.2) is 0 Å². The highest BCUT2D eigenvalue weighted by atomic mass is 35.5. The van der Waals surface area contributed by atoms with Crippen molar-refractivity contribution in [2.24, 2.45) is 0 Å². The number of piperidine rings is 1. The number of ether oxygens (including phenoxy) is 1. The van der Waals surface area contributed by atoms with Crippen molar-refractivity contribution >= 4 is 23.3 Å². The third kappa shape index (κ3) is 3.61. The molecule has 3 nitrogen and oxygen atoms in total. The first kappa shape index (κ1) is 21.4. The van der Waals surface area contributed by atoms with Gasteiger partial charge in [0.25, 0.3) is 0 Å². The fraction of sp³-hybridized carbons (Fsp3) is 0.276. The second-order valence-corrected chi connectivity index (χ2v) is 9.80. The summed E-state index contributed by atoms with van der Waals surface area (Å²) in [6, 6.07) is 21.7. The van der Waals surface area contributed by atoms with Crippen molar-refractivity contribution in [3.63, 3.8) is 0 Å². The largest absolute Gasteiger partial charge is 0.448 e. The van der Waals surface area contributed by atoms with Crippen molar-refractivity contribution in [1.82, 2.24) is 4.90 Å². The summed E-state index contributed by atoms with van der Waals surface area (Å²) in [6.07, 6.45) is 5.54. The van der Waals surface area contributed by atoms with Gasteiger partial charge >= 0.3 is 6.09 Å². The highest BCUT2D eigenvalue weighted by molar-refractivity contribution is 6.30. The number of benzene rings is 3. The van der Waals surface area contributed by atoms with E-state index in [1.807, 2.05) is 17.0 Å². The van der Waals surface area contributed by atoms with Gasteiger partial charge in [0, 0.05) is 12.0 Å². The summed E-state index contributed by atoms with van der Waals surface area (Å²) >= 11 is 6.02. The molecule has 2 heterocycles. The summed E-state index contributed by atoms with van der Waals surface area (Å²) < 4.78 is 19.6. The van der Waals surface area contributed by atoms with Crippen LogP contribution in [0.15, 0.2) is 72.8 Å². The van der Waals surface area contributed by atoms with E-state index in [1.165, 1.54) is 28.3 Å². The molecule has 0 saturated carbocycles. The van der Waals surface area contributed by atoms with Gasteiger partial charge in [-0.3, -0.25) is 4.90 Å². The SMILES string of the molecule is O=C(OCC1c2ccccc2-c2ccccc21)N1C2C=C(c3ccc(F)c(Cl)c3)CC1CCC2. The Morgan fingerprint density at radius 2 is 1.71 bits per heavy atom. The van der Waals surface area contributed by atoms with Crippen LogP contribution < -0.4 is 0 Å². The van der Waals surface area contributed by atoms with Gasteiger partial charge < -0.3 is 4.74 Å². The average molecular weight is 474 g/mol. The lowest BCUT2D eigenvalue weighted by molar-refractivity contribution is 0.0539. The number of carbonyl (C=O) groups is 1. The highest BCUT2D eigenvalue weighted by Crippen LogP contribution is 2.45. The zero-order chi connectivity index (χ0) is 23.2. The van der Waals surface area contributed by atoms with Crippen LogP contribution in [0.2, 0.25) is 5.02 Å². The number of fused-ring (bicyclic) bond motifs is 5. The van der Waals surface area contributed by atoms with E-state index in [4.69, 9.17) is 16.3 Å². The molecular formula is C29H25ClFNO2. The second-order valence-electron chi connectivity index (χ2n) is 9.39. The van der Waals surface area contributed by atoms with Crippen molar-refractivity contribution in [2.45, 2.75) is 43.7 Å². The fourth-order valence-corrected chi connectivity index (χ4v) is 6.07. The number of carbonyl (C=O) groups excluding carboxylic acids is 1. The van der Waals surface area contributed by atoms with Gasteiger partial charge in [-0.05, 0) is 71.2 Å². The van der Waals surface area contributed by atoms with Crippen LogP contribution in [0, 0.1) is 5.82 Å². The third-order valence-corrected chi connectivity index (χ3v) is 7.76. The number of hydrogen-bond donors (Lipinski definition) is 0. The molecule has 0 aromatic heterocycles. The molecular weight excluding hydrogens is 449 g/mol. The lowest BCUT2D eigenvalue weighted by Gasteiger charge is -2.44. The molecule has 3 aromatic carbocycles. The number of hydrogen-bond acceptors (Lipinski definition) is 2. The van der Waals surface area contributed by atoms with E-state index in [-0.39, 0.29) is 29.1 Å². The van der Waals surface area contributed by atoms with E-state index in [0.717, 1.165) is 36.8 Å². The number of rotatable bonds is 3. The van der Waals surface area contributed by atoms with Crippen LogP contribution in [-0.2, 0) is 4.74 Å². The zero-order valence-electron chi connectivity index (χ0n) is 18.7. The Bertz CT molecular complexity index is 1260. The maximum atomic E-state index is 13.6. The molecule has 1 amide bonds. The van der Waals surface area contributed by atoms with Crippen LogP contribution in [0.5, 0.6) is 0 Å². The number of halogens is 2. The first-order chi connectivity index (χ1) is 16.6. The smallest absolute Gasteiger partial charge is 0.410 e. The fourth-order valence-electron chi connectivity index (χ4n) is 5.89. The molecule has 6 rings (SSSR count). The Labute approximate surface area is 203 Å². The highest BCUT2D eigenvalue weighted by Gasteiger charge is 2.39. The number of amides is 1. The van der Waals surface area contributed by atoms with Crippen molar-refractivity contribution in [3.8, 4) is 11.1 Å². The molecule has 2 atom stereocenters. The third-order valence-electron chi connectivity index (χ3n) is 7.47. The molecule has 1 aliphatic carbocycles. The van der Waals surface area contributed by atoms with E-state index in [1.54, 1.807) is 12.1 Å². The maximum absolute atomic E-state index is 13.6. The molecule has 3 aromatic rings. The predicted octanol–water partition coefficient (Wildman–Crippen LogP) is 7.44. The summed E-state index contributed by atoms with van der Waals surface area (Å²) in [4.78, 5) is 15.3. The lowest BCUT2D eigenvalue weighted by Crippen LogP contribution is -2.51. The maximum Gasteiger partial charge on any atom is 0.410 e. The second kappa shape index (κ2) is 8.59. The molecule has 2 unspecified atom stereocenters. The summed E-state index contributed by atoms with van der Waals surface area (Å²) in [5.41, 5.74) is 6.92. The molecule has 2 bridgehead atoms. The van der Waals surface area contributed by atoms with E-state index in [0.29, 0.717) is 6.61 Å². The van der Waals surface area contributed by atoms with Crippen molar-refractivity contribution in [3.05, 3.63) is 100 Å². The summed E-state index contributed by atoms with van der Waals surface area (Å²) in [6.45, 7) is 0.326. The summed E-state index contributed by atoms with van der Waals surface area (Å²) in [5, 5.41) is 0.127. The Balaban J connectivity index is 1.22. The minimum Gasteiger partial charge on any atom is -0.448 e. The van der Waals surface area contributed by atoms with Gasteiger partial charge in [0.2, 0.25) is 0 Å². The van der Waals surface area contributed by atoms with Gasteiger partial charge in [-0.15, -0.1) is 0 Å². The monoisotopic (exact) mass is 473 g/mol. The van der Waals surface area contributed by atoms with Crippen LogP contribution in [0.1, 0.15) is 48.3 Å². The van der Waals surface area contributed by atoms with Gasteiger partial charge in [-0.2, -0.15) is 0 Å². The van der Waals surface area contributed by atoms with Crippen LogP contribution in [0.4, 0.5) is 9.18 Å². The Morgan fingerprint density at radius 3 is 2.38 bits per heavy atom. The molecule has 1 saturated heterocycles. The molecule has 2 aliphatic heterocycles. The van der Waals surface area contributed by atoms with Crippen LogP contribution in [0.3, 0.4) is 0 Å². The summed E-state index contributed by atoms with van der Waals surface area (Å²) in [7, 11) is 0. The standard InChI is InChI=1S/C29H25ClFNO2/c30-27-16-18(12-13-28(27)31)19-14-20-6-5-7-21(15-19)32(20)29(33)34-17-26-24-10-3-1-8-22(24)23-9-2-4-11-25(23)26/h1-4,8-14,16,20-21,26H,5-7,15,17H2. The van der Waals surface area contributed by atoms with Gasteiger partial charge in [-0.25, -0.2) is 9.18 Å². The minimum absolute atomic E-state index is 0.0121. The van der Waals surface area contributed by atoms with E-state index >= 15 is 0 Å². The van der Waals surface area contributed by atoms with Gasteiger partial charge in [-0.1, -0.05) is 72.3 Å². The molecule has 0 spiro atoms. The molecule has 1 fully saturated rings. The molecule has 172 valence electrons. The molecule has 34 heavy (non-hydrogen) atoms. The lowest BCUT2D eigenvalue weighted by atomic mass is 9.83. The van der Waals surface area contributed by atoms with E-state index < -0.39 is 5.82 Å².